The molecule has 2 aliphatic rings. The van der Waals surface area contributed by atoms with Crippen molar-refractivity contribution in [3.63, 3.8) is 0 Å². The van der Waals surface area contributed by atoms with Crippen LogP contribution in [0.5, 0.6) is 0 Å². The van der Waals surface area contributed by atoms with Crippen LogP contribution in [0.25, 0.3) is 11.0 Å². The molecule has 0 radical (unpaired) electrons. The van der Waals surface area contributed by atoms with Crippen molar-refractivity contribution >= 4 is 16.7 Å². The number of hydrogen-bond donors (Lipinski definition) is 0. The number of piperidine rings is 1. The highest BCUT2D eigenvalue weighted by atomic mass is 16.6. The van der Waals surface area contributed by atoms with Gasteiger partial charge < -0.3 is 4.90 Å². The van der Waals surface area contributed by atoms with E-state index in [4.69, 9.17) is 4.63 Å². The Bertz CT molecular complexity index is 963. The summed E-state index contributed by atoms with van der Waals surface area (Å²) in [4.78, 5) is 7.83. The molecule has 2 fully saturated rings. The van der Waals surface area contributed by atoms with E-state index in [1.165, 1.54) is 29.7 Å². The number of piperazine rings is 1. The lowest BCUT2D eigenvalue weighted by atomic mass is 10.0. The molecule has 6 heteroatoms. The minimum absolute atomic E-state index is 0.650. The molecule has 5 rings (SSSR count). The summed E-state index contributed by atoms with van der Waals surface area (Å²) in [7, 11) is 0. The highest BCUT2D eigenvalue weighted by Gasteiger charge is 2.28. The lowest BCUT2D eigenvalue weighted by Crippen LogP contribution is -2.55. The number of hydrogen-bond acceptors (Lipinski definition) is 6. The van der Waals surface area contributed by atoms with Crippen molar-refractivity contribution < 1.29 is 4.63 Å². The highest BCUT2D eigenvalue weighted by Crippen LogP contribution is 2.25. The van der Waals surface area contributed by atoms with Crippen molar-refractivity contribution in [1.82, 2.24) is 20.1 Å². The topological polar surface area (TPSA) is 48.6 Å². The maximum absolute atomic E-state index is 4.93. The van der Waals surface area contributed by atoms with E-state index in [0.29, 0.717) is 6.04 Å². The monoisotopic (exact) mass is 391 g/mol. The Morgan fingerprint density at radius 3 is 2.69 bits per heavy atom. The molecule has 0 aliphatic carbocycles. The third-order valence-corrected chi connectivity index (χ3v) is 6.53. The molecule has 2 aliphatic heterocycles. The van der Waals surface area contributed by atoms with Crippen LogP contribution >= 0.6 is 0 Å². The molecule has 0 N–H and O–H groups in total. The fraction of sp³-hybridized carbons (Fsp3) is 0.478. The minimum atomic E-state index is 0.650. The van der Waals surface area contributed by atoms with Gasteiger partial charge in [0.05, 0.1) is 0 Å². The average molecular weight is 392 g/mol. The van der Waals surface area contributed by atoms with Gasteiger partial charge in [0, 0.05) is 51.0 Å². The normalized spacial score (nSPS) is 21.7. The number of aryl methyl sites for hydroxylation is 1. The molecule has 29 heavy (non-hydrogen) atoms. The number of rotatable bonds is 4. The molecule has 0 bridgehead atoms. The van der Waals surface area contributed by atoms with Crippen LogP contribution in [0.4, 0.5) is 5.69 Å². The standard InChI is InChI=1S/C23H29N5O/c1-18-6-2-3-10-22(18)28-14-12-27(13-15-28)20-8-5-11-26(17-20)16-19-7-4-9-21-23(19)25-29-24-21/h2-4,6-7,9-10,20H,5,8,11-17H2,1H3/t20-/m1/s1. The van der Waals surface area contributed by atoms with E-state index >= 15 is 0 Å². The second-order valence-electron chi connectivity index (χ2n) is 8.39. The zero-order valence-corrected chi connectivity index (χ0v) is 17.1. The van der Waals surface area contributed by atoms with Gasteiger partial charge in [0.25, 0.3) is 0 Å². The third-order valence-electron chi connectivity index (χ3n) is 6.53. The fourth-order valence-electron chi connectivity index (χ4n) is 4.95. The number of nitrogens with zero attached hydrogens (tertiary/aromatic N) is 5. The molecule has 0 saturated carbocycles. The second kappa shape index (κ2) is 8.13. The van der Waals surface area contributed by atoms with Gasteiger partial charge in [-0.2, -0.15) is 0 Å². The number of para-hydroxylation sites is 1. The van der Waals surface area contributed by atoms with E-state index in [2.05, 4.69) is 62.3 Å². The molecule has 6 nitrogen and oxygen atoms in total. The maximum Gasteiger partial charge on any atom is 0.139 e. The largest absolute Gasteiger partial charge is 0.369 e. The van der Waals surface area contributed by atoms with Gasteiger partial charge in [0.1, 0.15) is 11.0 Å². The van der Waals surface area contributed by atoms with Crippen LogP contribution in [0.2, 0.25) is 0 Å². The lowest BCUT2D eigenvalue weighted by molar-refractivity contribution is 0.0889. The predicted molar refractivity (Wildman–Crippen MR) is 115 cm³/mol. The summed E-state index contributed by atoms with van der Waals surface area (Å²) < 4.78 is 4.93. The van der Waals surface area contributed by atoms with Crippen molar-refractivity contribution in [2.24, 2.45) is 0 Å². The molecular weight excluding hydrogens is 362 g/mol. The van der Waals surface area contributed by atoms with E-state index in [1.807, 2.05) is 12.1 Å². The molecule has 0 spiro atoms. The summed E-state index contributed by atoms with van der Waals surface area (Å²) in [6.45, 7) is 9.95. The van der Waals surface area contributed by atoms with Gasteiger partial charge in [-0.3, -0.25) is 9.80 Å². The number of anilines is 1. The molecule has 3 aromatic rings. The first-order valence-corrected chi connectivity index (χ1v) is 10.7. The molecule has 1 atom stereocenters. The van der Waals surface area contributed by atoms with Gasteiger partial charge in [0.15, 0.2) is 0 Å². The molecule has 2 saturated heterocycles. The Balaban J connectivity index is 1.20. The van der Waals surface area contributed by atoms with E-state index in [9.17, 15) is 0 Å². The number of aromatic nitrogens is 2. The molecular formula is C23H29N5O. The van der Waals surface area contributed by atoms with Gasteiger partial charge >= 0.3 is 0 Å². The summed E-state index contributed by atoms with van der Waals surface area (Å²) in [5, 5.41) is 8.09. The van der Waals surface area contributed by atoms with E-state index in [-0.39, 0.29) is 0 Å². The maximum atomic E-state index is 4.93. The molecule has 1 aromatic heterocycles. The minimum Gasteiger partial charge on any atom is -0.369 e. The van der Waals surface area contributed by atoms with Crippen LogP contribution < -0.4 is 4.90 Å². The third kappa shape index (κ3) is 3.87. The number of fused-ring (bicyclic) bond motifs is 1. The number of benzene rings is 2. The van der Waals surface area contributed by atoms with E-state index in [0.717, 1.165) is 56.8 Å². The van der Waals surface area contributed by atoms with Gasteiger partial charge in [-0.05, 0) is 59.9 Å². The summed E-state index contributed by atoms with van der Waals surface area (Å²) in [6.07, 6.45) is 2.56. The molecule has 0 unspecified atom stereocenters. The lowest BCUT2D eigenvalue weighted by Gasteiger charge is -2.44. The van der Waals surface area contributed by atoms with Gasteiger partial charge in [-0.25, -0.2) is 4.63 Å². The number of likely N-dealkylation sites (tertiary alicyclic amines) is 1. The van der Waals surface area contributed by atoms with Gasteiger partial charge in [-0.15, -0.1) is 0 Å². The molecule has 3 heterocycles. The van der Waals surface area contributed by atoms with E-state index < -0.39 is 0 Å². The van der Waals surface area contributed by atoms with Crippen LogP contribution in [-0.2, 0) is 6.54 Å². The second-order valence-corrected chi connectivity index (χ2v) is 8.39. The van der Waals surface area contributed by atoms with Crippen LogP contribution in [0.3, 0.4) is 0 Å². The fourth-order valence-corrected chi connectivity index (χ4v) is 4.95. The molecule has 152 valence electrons. The summed E-state index contributed by atoms with van der Waals surface area (Å²) in [5.41, 5.74) is 5.74. The van der Waals surface area contributed by atoms with Crippen molar-refractivity contribution in [3.8, 4) is 0 Å². The molecule has 2 aromatic carbocycles. The summed E-state index contributed by atoms with van der Waals surface area (Å²) >= 11 is 0. The Hall–Kier alpha value is -2.44. The predicted octanol–water partition coefficient (Wildman–Crippen LogP) is 3.32. The van der Waals surface area contributed by atoms with Crippen LogP contribution in [0, 0.1) is 6.92 Å². The zero-order valence-electron chi connectivity index (χ0n) is 17.1. The molecule has 0 amide bonds. The van der Waals surface area contributed by atoms with Gasteiger partial charge in [0.2, 0.25) is 0 Å². The first-order chi connectivity index (χ1) is 14.3. The highest BCUT2D eigenvalue weighted by molar-refractivity contribution is 5.76. The quantitative estimate of drug-likeness (QED) is 0.680. The van der Waals surface area contributed by atoms with Gasteiger partial charge in [-0.1, -0.05) is 30.3 Å². The van der Waals surface area contributed by atoms with Crippen molar-refractivity contribution in [1.29, 1.82) is 0 Å². The summed E-state index contributed by atoms with van der Waals surface area (Å²) in [5.74, 6) is 0. The van der Waals surface area contributed by atoms with Crippen molar-refractivity contribution in [3.05, 3.63) is 53.6 Å². The Labute approximate surface area is 172 Å². The van der Waals surface area contributed by atoms with Crippen molar-refractivity contribution in [2.45, 2.75) is 32.4 Å². The zero-order chi connectivity index (χ0) is 19.6. The Kier molecular flexibility index (Phi) is 5.21. The van der Waals surface area contributed by atoms with Crippen LogP contribution in [-0.4, -0.2) is 65.4 Å². The first-order valence-electron chi connectivity index (χ1n) is 10.7. The first kappa shape index (κ1) is 18.6. The Morgan fingerprint density at radius 2 is 1.83 bits per heavy atom. The summed E-state index contributed by atoms with van der Waals surface area (Å²) in [6, 6.07) is 15.6. The van der Waals surface area contributed by atoms with Crippen molar-refractivity contribution in [2.75, 3.05) is 44.2 Å². The SMILES string of the molecule is Cc1ccccc1N1CCN([C@@H]2CCCN(Cc3cccc4nonc34)C2)CC1. The average Bonchev–Trinajstić information content (AvgIpc) is 3.25. The van der Waals surface area contributed by atoms with Crippen LogP contribution in [0.1, 0.15) is 24.0 Å². The Morgan fingerprint density at radius 1 is 0.966 bits per heavy atom. The smallest absolute Gasteiger partial charge is 0.139 e. The van der Waals surface area contributed by atoms with E-state index in [1.54, 1.807) is 0 Å². The van der Waals surface area contributed by atoms with Crippen LogP contribution in [0.15, 0.2) is 47.1 Å².